The highest BCUT2D eigenvalue weighted by Crippen LogP contribution is 2.21. The van der Waals surface area contributed by atoms with Gasteiger partial charge in [0.25, 0.3) is 0 Å². The number of aliphatic imine (C=N–C) groups is 1. The zero-order chi connectivity index (χ0) is 8.15. The van der Waals surface area contributed by atoms with Gasteiger partial charge in [0.05, 0.1) is 7.11 Å². The van der Waals surface area contributed by atoms with E-state index in [2.05, 4.69) is 39.0 Å². The molecular weight excluding hydrogens is 201 g/mol. The summed E-state index contributed by atoms with van der Waals surface area (Å²) in [5.41, 5.74) is 0. The van der Waals surface area contributed by atoms with Gasteiger partial charge in [-0.05, 0) is 22.6 Å². The fourth-order valence-electron chi connectivity index (χ4n) is 0.274. The number of hydrogen-bond acceptors (Lipinski definition) is 2. The average molecular weight is 208 g/mol. The molecule has 0 radical (unpaired) electrons. The van der Waals surface area contributed by atoms with Gasteiger partial charge in [-0.3, -0.25) is 0 Å². The fourth-order valence-corrected chi connectivity index (χ4v) is 0.561. The molecule has 10 heavy (non-hydrogen) atoms. The molecule has 0 amide bonds. The van der Waals surface area contributed by atoms with E-state index >= 15 is 0 Å². The highest BCUT2D eigenvalue weighted by molar-refractivity contribution is 9.12. The molecule has 0 unspecified atom stereocenters. The molecule has 0 aromatic rings. The third kappa shape index (κ3) is 2.31. The molecule has 0 heterocycles. The van der Waals surface area contributed by atoms with E-state index in [1.165, 1.54) is 7.11 Å². The van der Waals surface area contributed by atoms with Gasteiger partial charge in [0.15, 0.2) is 0 Å². The molecule has 0 saturated heterocycles. The van der Waals surface area contributed by atoms with E-state index in [9.17, 15) is 4.39 Å². The van der Waals surface area contributed by atoms with E-state index in [0.29, 0.717) is 0 Å². The first-order valence-electron chi connectivity index (χ1n) is 2.38. The van der Waals surface area contributed by atoms with Crippen LogP contribution in [-0.4, -0.2) is 13.8 Å². The van der Waals surface area contributed by atoms with Crippen LogP contribution in [0.4, 0.5) is 4.39 Å². The molecule has 4 heteroatoms. The molecule has 0 aliphatic heterocycles. The Hall–Kier alpha value is -0.640. The molecule has 0 atom stereocenters. The van der Waals surface area contributed by atoms with E-state index in [-0.39, 0.29) is 10.2 Å². The van der Waals surface area contributed by atoms with Crippen molar-refractivity contribution in [2.45, 2.75) is 0 Å². The molecule has 0 rings (SSSR count). The third-order valence-corrected chi connectivity index (χ3v) is 1.58. The first-order valence-corrected chi connectivity index (χ1v) is 3.18. The first kappa shape index (κ1) is 9.36. The molecule has 0 N–H and O–H groups in total. The molecule has 0 spiro atoms. The molecule has 0 aliphatic rings. The van der Waals surface area contributed by atoms with Gasteiger partial charge in [-0.25, -0.2) is 4.99 Å². The van der Waals surface area contributed by atoms with Crippen molar-refractivity contribution in [3.05, 3.63) is 22.8 Å². The third-order valence-electron chi connectivity index (χ3n) is 0.811. The Bertz CT molecular complexity index is 188. The summed E-state index contributed by atoms with van der Waals surface area (Å²) >= 11 is 2.88. The lowest BCUT2D eigenvalue weighted by atomic mass is 10.5. The van der Waals surface area contributed by atoms with Crippen molar-refractivity contribution in [2.75, 3.05) is 7.11 Å². The van der Waals surface area contributed by atoms with Crippen molar-refractivity contribution < 1.29 is 9.13 Å². The number of methoxy groups -OCH3 is 1. The maximum Gasteiger partial charge on any atom is 0.230 e. The lowest BCUT2D eigenvalue weighted by Gasteiger charge is -2.00. The van der Waals surface area contributed by atoms with Crippen molar-refractivity contribution in [2.24, 2.45) is 4.99 Å². The van der Waals surface area contributed by atoms with Crippen LogP contribution < -0.4 is 0 Å². The Morgan fingerprint density at radius 2 is 2.20 bits per heavy atom. The Kier molecular flexibility index (Phi) is 3.95. The highest BCUT2D eigenvalue weighted by Gasteiger charge is 2.04. The Morgan fingerprint density at radius 3 is 2.50 bits per heavy atom. The second-order valence-corrected chi connectivity index (χ2v) is 2.18. The summed E-state index contributed by atoms with van der Waals surface area (Å²) in [4.78, 5) is 3.03. The van der Waals surface area contributed by atoms with Crippen LogP contribution in [0.1, 0.15) is 0 Å². The van der Waals surface area contributed by atoms with Gasteiger partial charge in [-0.1, -0.05) is 6.58 Å². The maximum absolute atomic E-state index is 12.4. The second-order valence-electron chi connectivity index (χ2n) is 1.39. The summed E-state index contributed by atoms with van der Waals surface area (Å²) in [6.45, 7) is 6.38. The van der Waals surface area contributed by atoms with E-state index < -0.39 is 5.95 Å². The topological polar surface area (TPSA) is 21.6 Å². The lowest BCUT2D eigenvalue weighted by Crippen LogP contribution is -1.84. The largest absolute Gasteiger partial charge is 0.496 e. The van der Waals surface area contributed by atoms with E-state index in [0.717, 1.165) is 0 Å². The van der Waals surface area contributed by atoms with Crippen molar-refractivity contribution in [3.8, 4) is 0 Å². The number of allylic oxidation sites excluding steroid dienone is 1. The van der Waals surface area contributed by atoms with Crippen LogP contribution >= 0.6 is 15.9 Å². The van der Waals surface area contributed by atoms with Crippen molar-refractivity contribution in [1.29, 1.82) is 0 Å². The smallest absolute Gasteiger partial charge is 0.230 e. The van der Waals surface area contributed by atoms with Crippen LogP contribution in [0.3, 0.4) is 0 Å². The number of rotatable bonds is 3. The standard InChI is InChI=1S/C6H7BrFNO/c1-4(10-3)5(7)6(8)9-2/h1-2H2,3H3/b6-5+. The van der Waals surface area contributed by atoms with Gasteiger partial charge in [-0.15, -0.1) is 0 Å². The second kappa shape index (κ2) is 4.22. The van der Waals surface area contributed by atoms with Crippen molar-refractivity contribution in [3.63, 3.8) is 0 Å². The molecule has 0 saturated carbocycles. The van der Waals surface area contributed by atoms with Crippen molar-refractivity contribution >= 4 is 22.6 Å². The summed E-state index contributed by atoms with van der Waals surface area (Å²) < 4.78 is 17.1. The molecular formula is C6H7BrFNO. The fraction of sp³-hybridized carbons (Fsp3) is 0.167. The molecule has 0 bridgehead atoms. The molecule has 2 nitrogen and oxygen atoms in total. The Labute approximate surface area is 67.2 Å². The molecule has 0 aromatic carbocycles. The van der Waals surface area contributed by atoms with Gasteiger partial charge < -0.3 is 4.74 Å². The highest BCUT2D eigenvalue weighted by atomic mass is 79.9. The minimum atomic E-state index is -0.730. The quantitative estimate of drug-likeness (QED) is 0.302. The summed E-state index contributed by atoms with van der Waals surface area (Å²) in [6, 6.07) is 0. The zero-order valence-electron chi connectivity index (χ0n) is 5.53. The monoisotopic (exact) mass is 207 g/mol. The Morgan fingerprint density at radius 1 is 1.70 bits per heavy atom. The predicted molar refractivity (Wildman–Crippen MR) is 42.8 cm³/mol. The lowest BCUT2D eigenvalue weighted by molar-refractivity contribution is 0.305. The summed E-state index contributed by atoms with van der Waals surface area (Å²) in [6.07, 6.45) is 0. The van der Waals surface area contributed by atoms with Gasteiger partial charge in [-0.2, -0.15) is 4.39 Å². The van der Waals surface area contributed by atoms with Crippen LogP contribution in [0.25, 0.3) is 0 Å². The molecule has 0 fully saturated rings. The summed E-state index contributed by atoms with van der Waals surface area (Å²) in [5, 5.41) is 0. The molecule has 0 aliphatic carbocycles. The van der Waals surface area contributed by atoms with Gasteiger partial charge in [0, 0.05) is 0 Å². The Balaban J connectivity index is 4.45. The predicted octanol–water partition coefficient (Wildman–Crippen LogP) is 2.38. The van der Waals surface area contributed by atoms with Crippen LogP contribution in [0, 0.1) is 0 Å². The van der Waals surface area contributed by atoms with Gasteiger partial charge >= 0.3 is 0 Å². The SMILES string of the molecule is C=N/C(F)=C(/Br)C(=C)OC. The molecule has 0 aromatic heterocycles. The number of ether oxygens (including phenoxy) is 1. The number of halogens is 2. The van der Waals surface area contributed by atoms with Crippen LogP contribution in [0.15, 0.2) is 27.8 Å². The number of nitrogens with zero attached hydrogens (tertiary/aromatic N) is 1. The van der Waals surface area contributed by atoms with Gasteiger partial charge in [0.1, 0.15) is 10.2 Å². The van der Waals surface area contributed by atoms with E-state index in [4.69, 9.17) is 0 Å². The normalized spacial score (nSPS) is 11.9. The average Bonchev–Trinajstić information content (AvgIpc) is 2.00. The summed E-state index contributed by atoms with van der Waals surface area (Å²) in [7, 11) is 1.39. The van der Waals surface area contributed by atoms with Crippen LogP contribution in [0.5, 0.6) is 0 Å². The number of hydrogen-bond donors (Lipinski definition) is 0. The molecule has 56 valence electrons. The van der Waals surface area contributed by atoms with Crippen LogP contribution in [0.2, 0.25) is 0 Å². The summed E-state index contributed by atoms with van der Waals surface area (Å²) in [5.74, 6) is -0.545. The van der Waals surface area contributed by atoms with E-state index in [1.54, 1.807) is 0 Å². The minimum absolute atomic E-state index is 0.0880. The van der Waals surface area contributed by atoms with E-state index in [1.807, 2.05) is 0 Å². The van der Waals surface area contributed by atoms with Crippen LogP contribution in [-0.2, 0) is 4.74 Å². The first-order chi connectivity index (χ1) is 4.63. The maximum atomic E-state index is 12.4. The minimum Gasteiger partial charge on any atom is -0.496 e. The van der Waals surface area contributed by atoms with Gasteiger partial charge in [0.2, 0.25) is 5.95 Å². The zero-order valence-corrected chi connectivity index (χ0v) is 7.11. The van der Waals surface area contributed by atoms with Crippen molar-refractivity contribution in [1.82, 2.24) is 0 Å².